The quantitative estimate of drug-likeness (QED) is 0.547. The van der Waals surface area contributed by atoms with Crippen LogP contribution in [0.3, 0.4) is 0 Å². The van der Waals surface area contributed by atoms with Crippen LogP contribution < -0.4 is 10.2 Å². The number of carbonyl (C=O) groups is 1. The van der Waals surface area contributed by atoms with Gasteiger partial charge in [-0.05, 0) is 30.3 Å². The summed E-state index contributed by atoms with van der Waals surface area (Å²) in [5.74, 6) is 0.902. The van der Waals surface area contributed by atoms with Crippen LogP contribution in [0.15, 0.2) is 55.1 Å². The molecule has 4 heterocycles. The number of benzene rings is 1. The standard InChI is InChI=1S/C22H21N7O2/c1-28-14-23-13-19(28)15-2-3-18-17(10-15)11-20(27-26-18)25-22(30)16-4-5-24-21(12-16)29-6-8-31-9-7-29/h2-5,10-14H,6-9H2,1H3,(H,25,27,30). The summed E-state index contributed by atoms with van der Waals surface area (Å²) in [6.07, 6.45) is 5.22. The first-order valence-electron chi connectivity index (χ1n) is 10.0. The van der Waals surface area contributed by atoms with Gasteiger partial charge in [-0.15, -0.1) is 10.2 Å². The van der Waals surface area contributed by atoms with Gasteiger partial charge in [0.05, 0.1) is 36.9 Å². The van der Waals surface area contributed by atoms with Gasteiger partial charge in [-0.1, -0.05) is 6.07 Å². The summed E-state index contributed by atoms with van der Waals surface area (Å²) in [4.78, 5) is 23.5. The first kappa shape index (κ1) is 19.1. The molecular weight excluding hydrogens is 394 g/mol. The van der Waals surface area contributed by atoms with E-state index >= 15 is 0 Å². The number of morpholine rings is 1. The number of nitrogens with one attached hydrogen (secondary N) is 1. The molecule has 5 rings (SSSR count). The Balaban J connectivity index is 1.38. The Morgan fingerprint density at radius 3 is 2.77 bits per heavy atom. The summed E-state index contributed by atoms with van der Waals surface area (Å²) in [6.45, 7) is 2.83. The minimum Gasteiger partial charge on any atom is -0.378 e. The van der Waals surface area contributed by atoms with Crippen molar-refractivity contribution >= 4 is 28.4 Å². The van der Waals surface area contributed by atoms with Crippen LogP contribution in [0.4, 0.5) is 11.6 Å². The maximum absolute atomic E-state index is 12.8. The smallest absolute Gasteiger partial charge is 0.257 e. The van der Waals surface area contributed by atoms with Crippen molar-refractivity contribution < 1.29 is 9.53 Å². The summed E-state index contributed by atoms with van der Waals surface area (Å²) in [6, 6.07) is 11.2. The number of nitrogens with zero attached hydrogens (tertiary/aromatic N) is 6. The number of carbonyl (C=O) groups excluding carboxylic acids is 1. The van der Waals surface area contributed by atoms with Gasteiger partial charge < -0.3 is 19.5 Å². The second-order valence-electron chi connectivity index (χ2n) is 7.35. The van der Waals surface area contributed by atoms with Gasteiger partial charge in [-0.2, -0.15) is 0 Å². The molecule has 1 amide bonds. The van der Waals surface area contributed by atoms with E-state index in [1.165, 1.54) is 0 Å². The number of aromatic nitrogens is 5. The number of rotatable bonds is 4. The Kier molecular flexibility index (Phi) is 5.01. The van der Waals surface area contributed by atoms with Gasteiger partial charge >= 0.3 is 0 Å². The summed E-state index contributed by atoms with van der Waals surface area (Å²) in [5.41, 5.74) is 3.28. The third-order valence-corrected chi connectivity index (χ3v) is 5.28. The minimum absolute atomic E-state index is 0.256. The van der Waals surface area contributed by atoms with Crippen molar-refractivity contribution in [1.29, 1.82) is 0 Å². The highest BCUT2D eigenvalue weighted by Crippen LogP contribution is 2.24. The van der Waals surface area contributed by atoms with E-state index in [-0.39, 0.29) is 5.91 Å². The lowest BCUT2D eigenvalue weighted by molar-refractivity contribution is 0.102. The van der Waals surface area contributed by atoms with Crippen molar-refractivity contribution in [2.75, 3.05) is 36.5 Å². The monoisotopic (exact) mass is 415 g/mol. The lowest BCUT2D eigenvalue weighted by atomic mass is 10.1. The van der Waals surface area contributed by atoms with Gasteiger partial charge in [0.1, 0.15) is 5.82 Å². The van der Waals surface area contributed by atoms with Crippen LogP contribution in [0.2, 0.25) is 0 Å². The first-order chi connectivity index (χ1) is 15.2. The number of ether oxygens (including phenoxy) is 1. The van der Waals surface area contributed by atoms with Crippen LogP contribution in [0.5, 0.6) is 0 Å². The minimum atomic E-state index is -0.256. The molecule has 0 atom stereocenters. The molecule has 0 unspecified atom stereocenters. The molecule has 0 saturated carbocycles. The molecule has 0 spiro atoms. The lowest BCUT2D eigenvalue weighted by Gasteiger charge is -2.27. The zero-order chi connectivity index (χ0) is 21.2. The molecule has 9 heteroatoms. The molecule has 1 aliphatic rings. The van der Waals surface area contributed by atoms with E-state index in [1.54, 1.807) is 24.7 Å². The third kappa shape index (κ3) is 3.95. The molecule has 0 radical (unpaired) electrons. The SMILES string of the molecule is Cn1cncc1-c1ccc2nnc(NC(=O)c3ccnc(N4CCOCC4)c3)cc2c1. The highest BCUT2D eigenvalue weighted by atomic mass is 16.5. The molecule has 1 fully saturated rings. The zero-order valence-corrected chi connectivity index (χ0v) is 17.0. The first-order valence-corrected chi connectivity index (χ1v) is 10.0. The van der Waals surface area contributed by atoms with Crippen molar-refractivity contribution in [3.63, 3.8) is 0 Å². The fourth-order valence-electron chi connectivity index (χ4n) is 3.61. The Labute approximate surface area is 178 Å². The van der Waals surface area contributed by atoms with Crippen LogP contribution in [0.1, 0.15) is 10.4 Å². The van der Waals surface area contributed by atoms with Crippen LogP contribution in [-0.2, 0) is 11.8 Å². The van der Waals surface area contributed by atoms with E-state index in [2.05, 4.69) is 30.4 Å². The number of imidazole rings is 1. The second-order valence-corrected chi connectivity index (χ2v) is 7.35. The van der Waals surface area contributed by atoms with Crippen LogP contribution in [0, 0.1) is 0 Å². The molecule has 9 nitrogen and oxygen atoms in total. The van der Waals surface area contributed by atoms with Gasteiger partial charge in [0.2, 0.25) is 0 Å². The molecule has 1 aliphatic heterocycles. The highest BCUT2D eigenvalue weighted by molar-refractivity contribution is 6.04. The van der Waals surface area contributed by atoms with Crippen LogP contribution >= 0.6 is 0 Å². The van der Waals surface area contributed by atoms with Crippen molar-refractivity contribution in [2.24, 2.45) is 7.05 Å². The van der Waals surface area contributed by atoms with Gasteiger partial charge in [0.25, 0.3) is 5.91 Å². The molecule has 1 saturated heterocycles. The predicted octanol–water partition coefficient (Wildman–Crippen LogP) is 2.51. The third-order valence-electron chi connectivity index (χ3n) is 5.28. The number of hydrogen-bond acceptors (Lipinski definition) is 7. The molecule has 3 aromatic heterocycles. The zero-order valence-electron chi connectivity index (χ0n) is 17.0. The molecule has 1 aromatic carbocycles. The van der Waals surface area contributed by atoms with E-state index in [0.29, 0.717) is 24.6 Å². The highest BCUT2D eigenvalue weighted by Gasteiger charge is 2.15. The molecule has 0 aliphatic carbocycles. The molecule has 1 N–H and O–H groups in total. The van der Waals surface area contributed by atoms with Crippen LogP contribution in [-0.4, -0.2) is 56.9 Å². The average molecular weight is 415 g/mol. The number of aryl methyl sites for hydroxylation is 1. The largest absolute Gasteiger partial charge is 0.378 e. The van der Waals surface area contributed by atoms with Crippen molar-refractivity contribution in [3.8, 4) is 11.3 Å². The number of amides is 1. The summed E-state index contributed by atoms with van der Waals surface area (Å²) in [5, 5.41) is 12.1. The maximum atomic E-state index is 12.8. The van der Waals surface area contributed by atoms with Gasteiger partial charge in [0, 0.05) is 42.8 Å². The average Bonchev–Trinajstić information content (AvgIpc) is 3.25. The maximum Gasteiger partial charge on any atom is 0.257 e. The van der Waals surface area contributed by atoms with Crippen molar-refractivity contribution in [1.82, 2.24) is 24.7 Å². The number of pyridine rings is 1. The number of anilines is 2. The summed E-state index contributed by atoms with van der Waals surface area (Å²) < 4.78 is 7.34. The van der Waals surface area contributed by atoms with E-state index in [4.69, 9.17) is 4.74 Å². The number of fused-ring (bicyclic) bond motifs is 1. The predicted molar refractivity (Wildman–Crippen MR) is 117 cm³/mol. The van der Waals surface area contributed by atoms with Gasteiger partial charge in [0.15, 0.2) is 5.82 Å². The summed E-state index contributed by atoms with van der Waals surface area (Å²) >= 11 is 0. The Hall–Kier alpha value is -3.85. The van der Waals surface area contributed by atoms with Gasteiger partial charge in [-0.25, -0.2) is 9.97 Å². The molecule has 4 aromatic rings. The van der Waals surface area contributed by atoms with E-state index in [0.717, 1.165) is 41.1 Å². The fourth-order valence-corrected chi connectivity index (χ4v) is 3.61. The van der Waals surface area contributed by atoms with Gasteiger partial charge in [-0.3, -0.25) is 4.79 Å². The molecule has 31 heavy (non-hydrogen) atoms. The lowest BCUT2D eigenvalue weighted by Crippen LogP contribution is -2.36. The van der Waals surface area contributed by atoms with E-state index < -0.39 is 0 Å². The number of hydrogen-bond donors (Lipinski definition) is 1. The van der Waals surface area contributed by atoms with E-state index in [1.807, 2.05) is 42.1 Å². The second kappa shape index (κ2) is 8.11. The van der Waals surface area contributed by atoms with Crippen LogP contribution in [0.25, 0.3) is 22.2 Å². The van der Waals surface area contributed by atoms with Crippen molar-refractivity contribution in [2.45, 2.75) is 0 Å². The normalized spacial score (nSPS) is 14.0. The summed E-state index contributed by atoms with van der Waals surface area (Å²) in [7, 11) is 1.95. The Morgan fingerprint density at radius 1 is 1.10 bits per heavy atom. The topological polar surface area (TPSA) is 98.1 Å². The Morgan fingerprint density at radius 2 is 1.97 bits per heavy atom. The molecular formula is C22H21N7O2. The molecule has 0 bridgehead atoms. The molecule has 156 valence electrons. The van der Waals surface area contributed by atoms with Crippen molar-refractivity contribution in [3.05, 3.63) is 60.7 Å². The fraction of sp³-hybridized carbons (Fsp3) is 0.227. The Bertz CT molecular complexity index is 1250. The van der Waals surface area contributed by atoms with E-state index in [9.17, 15) is 4.79 Å².